The molecule has 448 valence electrons. The number of benzene rings is 10. The van der Waals surface area contributed by atoms with Crippen molar-refractivity contribution in [1.82, 2.24) is 4.98 Å². The molecule has 0 atom stereocenters. The minimum Gasteiger partial charge on any atom is -0.457 e. The molecular weight excluding hydrogens is 1110 g/mol. The van der Waals surface area contributed by atoms with Crippen LogP contribution >= 0.6 is 0 Å². The fourth-order valence-corrected chi connectivity index (χ4v) is 19.6. The molecule has 3 aliphatic heterocycles. The Bertz CT molecular complexity index is 4860. The van der Waals surface area contributed by atoms with Crippen molar-refractivity contribution in [2.75, 3.05) is 21.4 Å². The van der Waals surface area contributed by atoms with Gasteiger partial charge < -0.3 is 14.5 Å². The van der Waals surface area contributed by atoms with E-state index < -0.39 is 14.1 Å². The van der Waals surface area contributed by atoms with Crippen molar-refractivity contribution < 1.29 is 11.6 Å². The molecule has 1 aromatic heterocycles. The van der Waals surface area contributed by atoms with Crippen molar-refractivity contribution in [1.29, 1.82) is 0 Å². The smallest absolute Gasteiger partial charge is 0.185 e. The summed E-state index contributed by atoms with van der Waals surface area (Å²) in [7, 11) is -3.00. The lowest BCUT2D eigenvalue weighted by atomic mass is 9.78. The Morgan fingerprint density at radius 3 is 1.57 bits per heavy atom. The molecule has 0 aliphatic carbocycles. The fourth-order valence-electron chi connectivity index (χ4n) is 13.9. The lowest BCUT2D eigenvalue weighted by Crippen LogP contribution is -2.75. The second kappa shape index (κ2) is 21.5. The summed E-state index contributed by atoms with van der Waals surface area (Å²) in [5, 5.41) is 5.40. The van der Waals surface area contributed by atoms with Crippen LogP contribution in [0.1, 0.15) is 123 Å². The van der Waals surface area contributed by atoms with E-state index in [0.29, 0.717) is 23.7 Å². The number of pyridine rings is 1. The van der Waals surface area contributed by atoms with Crippen molar-refractivity contribution in [3.63, 3.8) is 0 Å². The summed E-state index contributed by atoms with van der Waals surface area (Å²) in [6, 6.07) is 69.0. The zero-order valence-electron chi connectivity index (χ0n) is 59.5. The highest BCUT2D eigenvalue weighted by atomic mass is 28.3. The van der Waals surface area contributed by atoms with Crippen LogP contribution in [0.4, 0.5) is 39.9 Å². The average Bonchev–Trinajstić information content (AvgIpc) is 1.57. The summed E-state index contributed by atoms with van der Waals surface area (Å²) < 4.78 is 52.9. The van der Waals surface area contributed by atoms with Gasteiger partial charge in [0, 0.05) is 40.8 Å². The molecule has 0 saturated heterocycles. The molecule has 6 heteroatoms. The Morgan fingerprint density at radius 1 is 0.400 bits per heavy atom. The maximum absolute atomic E-state index is 9.52. The maximum Gasteiger partial charge on any atom is 0.185 e. The molecule has 0 unspecified atom stereocenters. The van der Waals surface area contributed by atoms with E-state index in [-0.39, 0.29) is 51.4 Å². The lowest BCUT2D eigenvalue weighted by Gasteiger charge is -2.43. The van der Waals surface area contributed by atoms with Crippen LogP contribution in [0.2, 0.25) is 0 Å². The second-order valence-corrected chi connectivity index (χ2v) is 32.8. The summed E-state index contributed by atoms with van der Waals surface area (Å²) in [5.41, 5.74) is 19.6. The van der Waals surface area contributed by atoms with Gasteiger partial charge in [0.15, 0.2) is 8.07 Å². The number of rotatable bonds is 8. The number of ether oxygens (including phenoxy) is 1. The van der Waals surface area contributed by atoms with Gasteiger partial charge >= 0.3 is 0 Å². The third-order valence-electron chi connectivity index (χ3n) is 18.7. The number of hydrogen-bond acceptors (Lipinski definition) is 5. The van der Waals surface area contributed by atoms with Crippen LogP contribution in [0.25, 0.3) is 44.5 Å². The van der Waals surface area contributed by atoms with Gasteiger partial charge in [0.25, 0.3) is 0 Å². The minimum atomic E-state index is -3.00. The molecule has 11 aromatic rings. The first-order valence-corrected chi connectivity index (χ1v) is 33.7. The van der Waals surface area contributed by atoms with Crippen LogP contribution in [0.3, 0.4) is 0 Å². The third-order valence-corrected chi connectivity index (χ3v) is 23.7. The van der Waals surface area contributed by atoms with Gasteiger partial charge in [-0.05, 0) is 166 Å². The highest BCUT2D eigenvalue weighted by Crippen LogP contribution is 2.52. The quantitative estimate of drug-likeness (QED) is 0.142. The van der Waals surface area contributed by atoms with Crippen LogP contribution in [-0.4, -0.2) is 19.7 Å². The summed E-state index contributed by atoms with van der Waals surface area (Å²) in [4.78, 5) is 12.1. The first kappa shape index (κ1) is 52.7. The molecule has 0 saturated carbocycles. The number of aryl methyl sites for hydroxylation is 2. The molecule has 0 N–H and O–H groups in total. The number of para-hydroxylation sites is 4. The van der Waals surface area contributed by atoms with Crippen molar-refractivity contribution in [2.24, 2.45) is 0 Å². The number of aromatic nitrogens is 1. The molecular formula is C84H82N4OSi. The van der Waals surface area contributed by atoms with Gasteiger partial charge in [0.2, 0.25) is 0 Å². The van der Waals surface area contributed by atoms with Gasteiger partial charge in [0.1, 0.15) is 24.0 Å². The van der Waals surface area contributed by atoms with E-state index in [1.165, 1.54) is 59.7 Å². The summed E-state index contributed by atoms with van der Waals surface area (Å²) in [6.07, 6.45) is 1.95. The molecule has 0 amide bonds. The summed E-state index contributed by atoms with van der Waals surface area (Å²) >= 11 is 0. The molecule has 10 aromatic carbocycles. The van der Waals surface area contributed by atoms with E-state index in [9.17, 15) is 2.74 Å². The number of anilines is 7. The molecule has 0 radical (unpaired) electrons. The molecule has 4 heterocycles. The van der Waals surface area contributed by atoms with E-state index in [1.807, 2.05) is 36.5 Å². The zero-order valence-corrected chi connectivity index (χ0v) is 55.5. The van der Waals surface area contributed by atoms with E-state index in [1.54, 1.807) is 0 Å². The van der Waals surface area contributed by atoms with E-state index in [4.69, 9.17) is 13.8 Å². The fraction of sp³-hybridized carbons (Fsp3) is 0.226. The molecule has 0 fully saturated rings. The van der Waals surface area contributed by atoms with Crippen LogP contribution in [-0.2, 0) is 21.7 Å². The van der Waals surface area contributed by atoms with Crippen molar-refractivity contribution in [3.8, 4) is 56.0 Å². The molecule has 1 spiro atoms. The predicted octanol–water partition coefficient (Wildman–Crippen LogP) is 20.1. The zero-order chi connectivity index (χ0) is 67.2. The normalized spacial score (nSPS) is 14.9. The summed E-state index contributed by atoms with van der Waals surface area (Å²) in [5.74, 6) is 2.18. The van der Waals surface area contributed by atoms with Gasteiger partial charge in [0.05, 0.1) is 29.6 Å². The number of hydrogen-bond donors (Lipinski definition) is 0. The Balaban J connectivity index is 0.918. The Labute approximate surface area is 542 Å². The van der Waals surface area contributed by atoms with E-state index >= 15 is 0 Å². The van der Waals surface area contributed by atoms with Crippen LogP contribution in [0.5, 0.6) is 11.5 Å². The predicted molar refractivity (Wildman–Crippen MR) is 384 cm³/mol. The summed E-state index contributed by atoms with van der Waals surface area (Å²) in [6.45, 7) is 31.8. The van der Waals surface area contributed by atoms with Gasteiger partial charge in [-0.3, -0.25) is 4.90 Å². The monoisotopic (exact) mass is 1200 g/mol. The van der Waals surface area contributed by atoms with Crippen LogP contribution in [0.15, 0.2) is 231 Å². The minimum absolute atomic E-state index is 0.110. The van der Waals surface area contributed by atoms with Gasteiger partial charge in [-0.1, -0.05) is 252 Å². The van der Waals surface area contributed by atoms with E-state index in [2.05, 4.69) is 275 Å². The first-order chi connectivity index (χ1) is 45.0. The Morgan fingerprint density at radius 2 is 0.933 bits per heavy atom. The second-order valence-electron chi connectivity index (χ2n) is 29.2. The largest absolute Gasteiger partial charge is 0.457 e. The first-order valence-electron chi connectivity index (χ1n) is 34.2. The van der Waals surface area contributed by atoms with Crippen LogP contribution in [0, 0.1) is 13.8 Å². The third kappa shape index (κ3) is 10.0. The van der Waals surface area contributed by atoms with Crippen molar-refractivity contribution in [3.05, 3.63) is 264 Å². The standard InChI is InChI=1S/C84H82N4OSi/c1-54-34-37-69-70-38-35-55(2)43-78(70)90(77(69)42-54)75-33-21-20-32-73(75)88(79-50-60(40-41-85-79)81(3,4)5)74-52-66(36-39-76(74)90)89-65-27-22-26-64(51-65)86-53-87(72-31-19-18-30-71(72)86)80-67(56-24-16-15-17-25-56)28-23-29-68(80)59-44-57(45-61(48-59)82(6,7)8)58-46-62(83(9,10)11)49-63(47-58)84(12,13)14/h15-52H,53H2,1-14H3/i15D,16D,17D,24D,25D. The molecule has 90 heavy (non-hydrogen) atoms. The van der Waals surface area contributed by atoms with Gasteiger partial charge in [-0.15, -0.1) is 0 Å². The number of nitrogens with zero attached hydrogens (tertiary/aromatic N) is 4. The highest BCUT2D eigenvalue weighted by molar-refractivity contribution is 7.23. The Kier molecular flexibility index (Phi) is 12.6. The highest BCUT2D eigenvalue weighted by Gasteiger charge is 2.54. The molecule has 3 aliphatic rings. The average molecular weight is 1200 g/mol. The maximum atomic E-state index is 9.52. The molecule has 14 rings (SSSR count). The topological polar surface area (TPSA) is 31.8 Å². The Hall–Kier alpha value is -9.23. The molecule has 0 bridgehead atoms. The van der Waals surface area contributed by atoms with E-state index in [0.717, 1.165) is 67.8 Å². The van der Waals surface area contributed by atoms with Crippen molar-refractivity contribution in [2.45, 2.75) is 119 Å². The number of fused-ring (bicyclic) bond motifs is 10. The SMILES string of the molecule is [2H]c1c([2H])c([2H])c(-c2cccc(-c3cc(-c4cc(C(C)(C)C)cc(C(C)(C)C)c4)cc(C(C)(C)C)c3)c2N2CN(c3cccc(Oc4ccc5c(c4)N(c4cc(C(C)(C)C)ccn4)c4ccccc4[Si]54c5cc(C)ccc5-c5ccc(C)cc54)c3)c3ccccc32)c([2H])c1[2H]. The van der Waals surface area contributed by atoms with Gasteiger partial charge in [-0.25, -0.2) is 4.98 Å². The lowest BCUT2D eigenvalue weighted by molar-refractivity contribution is 0.483. The van der Waals surface area contributed by atoms with Crippen LogP contribution < -0.4 is 40.2 Å². The van der Waals surface area contributed by atoms with Crippen molar-refractivity contribution >= 4 is 68.8 Å². The molecule has 5 nitrogen and oxygen atoms in total. The van der Waals surface area contributed by atoms with Gasteiger partial charge in [-0.2, -0.15) is 0 Å².